The van der Waals surface area contributed by atoms with Gasteiger partial charge in [-0.2, -0.15) is 0 Å². The van der Waals surface area contributed by atoms with Crippen molar-refractivity contribution in [2.24, 2.45) is 0 Å². The molecule has 7 nitrogen and oxygen atoms in total. The van der Waals surface area contributed by atoms with Crippen LogP contribution in [-0.4, -0.2) is 39.7 Å². The zero-order valence-electron chi connectivity index (χ0n) is 14.1. The number of imidazole rings is 1. The molecule has 4 aromatic rings. The molecule has 0 saturated heterocycles. The van der Waals surface area contributed by atoms with Crippen LogP contribution in [0.3, 0.4) is 0 Å². The predicted octanol–water partition coefficient (Wildman–Crippen LogP) is 2.91. The molecule has 0 bridgehead atoms. The molecule has 0 radical (unpaired) electrons. The third-order valence-electron chi connectivity index (χ3n) is 4.04. The summed E-state index contributed by atoms with van der Waals surface area (Å²) in [6.45, 7) is -0.780. The molecule has 0 spiro atoms. The van der Waals surface area contributed by atoms with Crippen molar-refractivity contribution in [2.45, 2.75) is 6.43 Å². The zero-order chi connectivity index (χ0) is 19.0. The smallest absolute Gasteiger partial charge is 0.332 e. The van der Waals surface area contributed by atoms with Crippen LogP contribution in [0.4, 0.5) is 8.78 Å². The van der Waals surface area contributed by atoms with Gasteiger partial charge in [0.2, 0.25) is 0 Å². The maximum Gasteiger partial charge on any atom is 0.332 e. The lowest BCUT2D eigenvalue weighted by Gasteiger charge is -2.10. The molecule has 27 heavy (non-hydrogen) atoms. The van der Waals surface area contributed by atoms with Crippen LogP contribution in [-0.2, 0) is 0 Å². The average Bonchev–Trinajstić information content (AvgIpc) is 3.01. The van der Waals surface area contributed by atoms with Crippen molar-refractivity contribution >= 4 is 22.1 Å². The van der Waals surface area contributed by atoms with E-state index in [2.05, 4.69) is 15.0 Å². The summed E-state index contributed by atoms with van der Waals surface area (Å²) in [5, 5.41) is 0.757. The molecular formula is C18H14F2N4O3. The number of aromatic nitrogens is 4. The Bertz CT molecular complexity index is 1190. The largest absolute Gasteiger partial charge is 0.495 e. The summed E-state index contributed by atoms with van der Waals surface area (Å²) >= 11 is 0. The van der Waals surface area contributed by atoms with Crippen LogP contribution < -0.4 is 15.2 Å². The van der Waals surface area contributed by atoms with Crippen LogP contribution in [0.5, 0.6) is 11.5 Å². The second-order valence-electron chi connectivity index (χ2n) is 5.73. The van der Waals surface area contributed by atoms with E-state index in [4.69, 9.17) is 9.47 Å². The van der Waals surface area contributed by atoms with Gasteiger partial charge in [0.1, 0.15) is 23.6 Å². The predicted molar refractivity (Wildman–Crippen MR) is 95.0 cm³/mol. The highest BCUT2D eigenvalue weighted by Gasteiger charge is 2.16. The number of H-pyrrole nitrogens is 1. The summed E-state index contributed by atoms with van der Waals surface area (Å²) in [5.41, 5.74) is 1.32. The Hall–Kier alpha value is -3.49. The molecule has 0 amide bonds. The number of nitrogens with zero attached hydrogens (tertiary/aromatic N) is 3. The standard InChI is InChI=1S/C18H14F2N4O3/c1-26-12-7-10-6-11(2-3-13(10)22-8-12)24-16-14(27-9-15(19)20)4-5-21-17(16)23-18(24)25/h2-8,15H,9H2,1H3,(H,21,23,25). The van der Waals surface area contributed by atoms with Gasteiger partial charge in [0, 0.05) is 17.6 Å². The van der Waals surface area contributed by atoms with E-state index in [1.807, 2.05) is 0 Å². The van der Waals surface area contributed by atoms with E-state index in [0.29, 0.717) is 17.0 Å². The Balaban J connectivity index is 1.91. The summed E-state index contributed by atoms with van der Waals surface area (Å²) in [4.78, 5) is 23.5. The van der Waals surface area contributed by atoms with Crippen LogP contribution in [0, 0.1) is 0 Å². The number of alkyl halides is 2. The highest BCUT2D eigenvalue weighted by atomic mass is 19.3. The number of fused-ring (bicyclic) bond motifs is 2. The number of aromatic amines is 1. The van der Waals surface area contributed by atoms with Gasteiger partial charge in [0.25, 0.3) is 6.43 Å². The molecule has 0 aliphatic carbocycles. The first kappa shape index (κ1) is 17.0. The Labute approximate surface area is 151 Å². The summed E-state index contributed by atoms with van der Waals surface area (Å²) in [6.07, 6.45) is 0.352. The molecule has 0 atom stereocenters. The lowest BCUT2D eigenvalue weighted by molar-refractivity contribution is 0.0825. The highest BCUT2D eigenvalue weighted by Crippen LogP contribution is 2.27. The second-order valence-corrected chi connectivity index (χ2v) is 5.73. The number of nitrogens with one attached hydrogen (secondary N) is 1. The molecule has 0 aliphatic rings. The number of pyridine rings is 2. The zero-order valence-corrected chi connectivity index (χ0v) is 14.1. The lowest BCUT2D eigenvalue weighted by atomic mass is 10.2. The average molecular weight is 372 g/mol. The van der Waals surface area contributed by atoms with Crippen LogP contribution in [0.15, 0.2) is 47.5 Å². The fourth-order valence-corrected chi connectivity index (χ4v) is 2.87. The molecule has 9 heteroatoms. The summed E-state index contributed by atoms with van der Waals surface area (Å²) < 4.78 is 36.8. The lowest BCUT2D eigenvalue weighted by Crippen LogP contribution is -2.15. The molecule has 0 saturated carbocycles. The maximum absolute atomic E-state index is 12.6. The van der Waals surface area contributed by atoms with E-state index >= 15 is 0 Å². The van der Waals surface area contributed by atoms with Crippen LogP contribution in [0.1, 0.15) is 0 Å². The summed E-state index contributed by atoms with van der Waals surface area (Å²) in [5.74, 6) is 0.719. The van der Waals surface area contributed by atoms with Crippen LogP contribution in [0.2, 0.25) is 0 Å². The first-order chi connectivity index (χ1) is 13.1. The van der Waals surface area contributed by atoms with E-state index < -0.39 is 18.7 Å². The van der Waals surface area contributed by atoms with Crippen molar-refractivity contribution in [3.63, 3.8) is 0 Å². The molecular weight excluding hydrogens is 358 g/mol. The molecule has 4 rings (SSSR count). The topological polar surface area (TPSA) is 82.0 Å². The molecule has 1 aromatic carbocycles. The number of benzene rings is 1. The number of hydrogen-bond donors (Lipinski definition) is 1. The van der Waals surface area contributed by atoms with Gasteiger partial charge in [-0.1, -0.05) is 0 Å². The summed E-state index contributed by atoms with van der Waals surface area (Å²) in [7, 11) is 1.54. The second kappa shape index (κ2) is 6.67. The normalized spacial score (nSPS) is 11.4. The van der Waals surface area contributed by atoms with Crippen molar-refractivity contribution in [1.29, 1.82) is 0 Å². The van der Waals surface area contributed by atoms with Crippen molar-refractivity contribution < 1.29 is 18.3 Å². The minimum Gasteiger partial charge on any atom is -0.495 e. The molecule has 0 unspecified atom stereocenters. The number of rotatable bonds is 5. The minimum atomic E-state index is -2.63. The third-order valence-corrected chi connectivity index (χ3v) is 4.04. The van der Waals surface area contributed by atoms with Gasteiger partial charge >= 0.3 is 5.69 Å². The van der Waals surface area contributed by atoms with Crippen molar-refractivity contribution in [3.05, 3.63) is 53.2 Å². The minimum absolute atomic E-state index is 0.141. The van der Waals surface area contributed by atoms with Crippen LogP contribution in [0.25, 0.3) is 27.8 Å². The molecule has 3 heterocycles. The van der Waals surface area contributed by atoms with Gasteiger partial charge in [0.05, 0.1) is 24.5 Å². The Morgan fingerprint density at radius 2 is 2.07 bits per heavy atom. The molecule has 138 valence electrons. The molecule has 0 fully saturated rings. The van der Waals surface area contributed by atoms with Gasteiger partial charge in [-0.15, -0.1) is 0 Å². The Morgan fingerprint density at radius 1 is 1.22 bits per heavy atom. The maximum atomic E-state index is 12.6. The molecule has 1 N–H and O–H groups in total. The van der Waals surface area contributed by atoms with Crippen LogP contribution >= 0.6 is 0 Å². The van der Waals surface area contributed by atoms with Gasteiger partial charge in [-0.25, -0.2) is 18.6 Å². The van der Waals surface area contributed by atoms with Gasteiger partial charge in [-0.3, -0.25) is 14.5 Å². The van der Waals surface area contributed by atoms with Gasteiger partial charge < -0.3 is 9.47 Å². The Kier molecular flexibility index (Phi) is 4.19. The van der Waals surface area contributed by atoms with E-state index in [1.54, 1.807) is 30.5 Å². The molecule has 0 aliphatic heterocycles. The number of hydrogen-bond acceptors (Lipinski definition) is 5. The third kappa shape index (κ3) is 3.07. The monoisotopic (exact) mass is 372 g/mol. The Morgan fingerprint density at radius 3 is 2.85 bits per heavy atom. The van der Waals surface area contributed by atoms with Crippen molar-refractivity contribution in [1.82, 2.24) is 19.5 Å². The van der Waals surface area contributed by atoms with E-state index in [9.17, 15) is 13.6 Å². The fraction of sp³-hybridized carbons (Fsp3) is 0.167. The number of halogens is 2. The van der Waals surface area contributed by atoms with Gasteiger partial charge in [0.15, 0.2) is 5.65 Å². The first-order valence-corrected chi connectivity index (χ1v) is 8.01. The van der Waals surface area contributed by atoms with E-state index in [1.165, 1.54) is 23.9 Å². The van der Waals surface area contributed by atoms with E-state index in [-0.39, 0.29) is 11.4 Å². The quantitative estimate of drug-likeness (QED) is 0.583. The summed E-state index contributed by atoms with van der Waals surface area (Å²) in [6, 6.07) is 8.45. The number of methoxy groups -OCH3 is 1. The highest BCUT2D eigenvalue weighted by molar-refractivity contribution is 5.85. The fourth-order valence-electron chi connectivity index (χ4n) is 2.87. The first-order valence-electron chi connectivity index (χ1n) is 8.01. The SMILES string of the molecule is COc1cnc2ccc(-n3c(=O)[nH]c4nccc(OCC(F)F)c43)cc2c1. The van der Waals surface area contributed by atoms with Gasteiger partial charge in [-0.05, 0) is 24.3 Å². The number of ether oxygens (including phenoxy) is 2. The van der Waals surface area contributed by atoms with Crippen molar-refractivity contribution in [3.8, 4) is 17.2 Å². The molecule has 3 aromatic heterocycles. The van der Waals surface area contributed by atoms with Crippen molar-refractivity contribution in [2.75, 3.05) is 13.7 Å². The van der Waals surface area contributed by atoms with E-state index in [0.717, 1.165) is 10.9 Å².